The average Bonchev–Trinajstić information content (AvgIpc) is 3.79. The van der Waals surface area contributed by atoms with Gasteiger partial charge in [0.25, 0.3) is 5.69 Å². The van der Waals surface area contributed by atoms with Crippen LogP contribution in [0.3, 0.4) is 0 Å². The predicted molar refractivity (Wildman–Crippen MR) is 269 cm³/mol. The van der Waals surface area contributed by atoms with E-state index in [1.807, 2.05) is 23.6 Å². The van der Waals surface area contributed by atoms with E-state index < -0.39 is 138 Å². The van der Waals surface area contributed by atoms with E-state index in [2.05, 4.69) is 15.6 Å². The summed E-state index contributed by atoms with van der Waals surface area (Å²) in [4.78, 5) is 41.8. The molecule has 426 valence electrons. The molecule has 4 heterocycles. The number of hydrogen-bond acceptors (Lipinski definition) is 21. The topological polar surface area (TPSA) is 323 Å². The molecule has 0 bridgehead atoms. The van der Waals surface area contributed by atoms with Crippen molar-refractivity contribution < 1.29 is 78.7 Å². The lowest BCUT2D eigenvalue weighted by molar-refractivity contribution is -0.384. The highest BCUT2D eigenvalue weighted by atomic mass is 16.7. The summed E-state index contributed by atoms with van der Waals surface area (Å²) in [6, 6.07) is 2.73. The monoisotopic (exact) mass is 1070 g/mol. The number of benzene rings is 1. The van der Waals surface area contributed by atoms with Crippen LogP contribution in [0.25, 0.3) is 0 Å². The first kappa shape index (κ1) is 62.0. The summed E-state index contributed by atoms with van der Waals surface area (Å²) < 4.78 is 39.4. The number of nitrogens with zero attached hydrogens (tertiary/aromatic N) is 6. The Morgan fingerprint density at radius 1 is 1.03 bits per heavy atom. The first-order valence-electron chi connectivity index (χ1n) is 26.0. The Balaban J connectivity index is 1.41. The highest BCUT2D eigenvalue weighted by Crippen LogP contribution is 2.40. The zero-order valence-electron chi connectivity index (χ0n) is 45.8. The molecule has 8 N–H and O–H groups in total. The third kappa shape index (κ3) is 14.8. The van der Waals surface area contributed by atoms with Crippen LogP contribution in [0.4, 0.5) is 5.69 Å². The van der Waals surface area contributed by atoms with Crippen LogP contribution in [0.15, 0.2) is 30.5 Å². The van der Waals surface area contributed by atoms with Crippen molar-refractivity contribution in [1.82, 2.24) is 30.1 Å². The summed E-state index contributed by atoms with van der Waals surface area (Å²) >= 11 is 0. The van der Waals surface area contributed by atoms with Crippen LogP contribution in [0.1, 0.15) is 112 Å². The summed E-state index contributed by atoms with van der Waals surface area (Å²) in [5, 5.41) is 102. The van der Waals surface area contributed by atoms with Crippen LogP contribution in [0, 0.1) is 27.9 Å². The number of aliphatic hydroxyl groups excluding tert-OH is 5. The number of hydrogen-bond donors (Lipinski definition) is 8. The van der Waals surface area contributed by atoms with E-state index in [-0.39, 0.29) is 49.5 Å². The summed E-state index contributed by atoms with van der Waals surface area (Å²) in [5.41, 5.74) is -4.19. The number of likely N-dealkylation sites (N-methyl/N-ethyl adjacent to an activating group) is 2. The number of cyclic esters (lactones) is 1. The minimum Gasteiger partial charge on any atom is -0.459 e. The van der Waals surface area contributed by atoms with Gasteiger partial charge in [-0.2, -0.15) is 0 Å². The second-order valence-electron chi connectivity index (χ2n) is 22.2. The number of aliphatic hydroxyl groups is 7. The van der Waals surface area contributed by atoms with Gasteiger partial charge >= 0.3 is 5.97 Å². The van der Waals surface area contributed by atoms with Crippen LogP contribution < -0.4 is 5.32 Å². The van der Waals surface area contributed by atoms with Gasteiger partial charge in [-0.15, -0.1) is 5.10 Å². The molecule has 3 fully saturated rings. The molecular weight excluding hydrogens is 983 g/mol. The van der Waals surface area contributed by atoms with Crippen LogP contribution >= 0.6 is 0 Å². The average molecular weight is 1070 g/mol. The molecule has 24 nitrogen and oxygen atoms in total. The molecule has 0 radical (unpaired) electrons. The number of aromatic nitrogens is 3. The van der Waals surface area contributed by atoms with Gasteiger partial charge in [-0.25, -0.2) is 4.68 Å². The SMILES string of the molecule is CC[C@H]1OC(=O)[C@H](C)[C@@H](O[C@H]2C[C@@](C)(OC)[C@@H](O)[C@H](C)O2)[C@H](C)[C@@H](O[C@@H]2O[C@H](C)C[C@H](N(C)Cc3cn(CC(=O)N[C@H](CO)[C@H](O)c4ccc([N+](=O)[O-])cc4)nn3)[C@H]2O)[C@](C)(O)C[C@@H](C)CN(C)[C@H](C)[C@@H](O)[C@]1(C)O. The van der Waals surface area contributed by atoms with Crippen molar-refractivity contribution >= 4 is 17.6 Å². The fraction of sp³-hybridized carbons (Fsp3) is 0.804. The Bertz CT molecular complexity index is 2170. The number of non-ortho nitro benzene ring substituents is 1. The van der Waals surface area contributed by atoms with Gasteiger partial charge in [0.1, 0.15) is 42.7 Å². The molecule has 1 amide bonds. The second-order valence-corrected chi connectivity index (χ2v) is 22.2. The molecule has 20 atom stereocenters. The summed E-state index contributed by atoms with van der Waals surface area (Å²) in [6.45, 7) is 16.7. The minimum atomic E-state index is -1.88. The number of ether oxygens (including phenoxy) is 6. The van der Waals surface area contributed by atoms with Gasteiger partial charge in [-0.05, 0) is 105 Å². The molecule has 5 rings (SSSR count). The first-order valence-corrected chi connectivity index (χ1v) is 26.0. The van der Waals surface area contributed by atoms with Crippen molar-refractivity contribution in [2.24, 2.45) is 17.8 Å². The zero-order chi connectivity index (χ0) is 56.1. The number of amides is 1. The zero-order valence-corrected chi connectivity index (χ0v) is 45.8. The number of methoxy groups -OCH3 is 1. The molecule has 0 unspecified atom stereocenters. The predicted octanol–water partition coefficient (Wildman–Crippen LogP) is 1.18. The molecule has 0 saturated carbocycles. The standard InChI is InChI=1S/C51H85N7O17/c1-14-38-51(10,67)44(63)31(6)55(11)22-27(2)20-49(8,66)46(29(4)43(30(5)47(65)73-38)74-40-21-50(9,70-13)45(64)32(7)72-40)75-48-42(62)37(19-28(3)71-48)56(12)23-34-24-57(54-53-34)25-39(60)52-36(26-59)41(61)33-15-17-35(18-16-33)58(68)69/h15-18,24,27-32,36-38,40-46,48,59,61-64,66-67H,14,19-23,25-26H2,1-13H3,(H,52,60)/t27-,28-,29+,30-,31-,32+,36-,37+,38-,40+,41-,42-,43+,44-,45+,46-,48+,49-,50-,51-/m1/s1. The molecule has 0 aliphatic carbocycles. The quantitative estimate of drug-likeness (QED) is 0.0665. The molecule has 3 saturated heterocycles. The van der Waals surface area contributed by atoms with Crippen molar-refractivity contribution in [2.75, 3.05) is 34.4 Å². The van der Waals surface area contributed by atoms with Crippen molar-refractivity contribution in [3.63, 3.8) is 0 Å². The van der Waals surface area contributed by atoms with E-state index in [0.717, 1.165) is 0 Å². The molecular formula is C51H85N7O17. The van der Waals surface area contributed by atoms with Gasteiger partial charge in [-0.3, -0.25) is 24.6 Å². The van der Waals surface area contributed by atoms with Crippen molar-refractivity contribution in [3.8, 4) is 0 Å². The fourth-order valence-corrected chi connectivity index (χ4v) is 11.2. The number of nitrogens with one attached hydrogen (secondary N) is 1. The summed E-state index contributed by atoms with van der Waals surface area (Å²) in [5.74, 6) is -3.63. The van der Waals surface area contributed by atoms with Crippen molar-refractivity contribution in [2.45, 2.75) is 210 Å². The molecule has 1 aromatic carbocycles. The molecule has 1 aromatic heterocycles. The van der Waals surface area contributed by atoms with Crippen molar-refractivity contribution in [3.05, 3.63) is 51.8 Å². The number of rotatable bonds is 16. The Morgan fingerprint density at radius 2 is 1.68 bits per heavy atom. The third-order valence-electron chi connectivity index (χ3n) is 15.8. The van der Waals surface area contributed by atoms with Crippen LogP contribution in [0.5, 0.6) is 0 Å². The van der Waals surface area contributed by atoms with E-state index in [1.165, 1.54) is 43.0 Å². The Kier molecular flexibility index (Phi) is 21.3. The largest absolute Gasteiger partial charge is 0.459 e. The smallest absolute Gasteiger partial charge is 0.311 e. The Hall–Kier alpha value is -3.86. The van der Waals surface area contributed by atoms with E-state index >= 15 is 0 Å². The lowest BCUT2D eigenvalue weighted by Crippen LogP contribution is -2.60. The maximum Gasteiger partial charge on any atom is 0.311 e. The molecule has 24 heteroatoms. The van der Waals surface area contributed by atoms with Gasteiger partial charge in [-0.1, -0.05) is 26.0 Å². The van der Waals surface area contributed by atoms with Gasteiger partial charge in [0, 0.05) is 56.8 Å². The summed E-state index contributed by atoms with van der Waals surface area (Å²) in [6.07, 6.45) is -9.95. The maximum absolute atomic E-state index is 14.5. The highest BCUT2D eigenvalue weighted by molar-refractivity contribution is 5.76. The van der Waals surface area contributed by atoms with Crippen LogP contribution in [0.2, 0.25) is 0 Å². The van der Waals surface area contributed by atoms with Crippen LogP contribution in [-0.4, -0.2) is 208 Å². The Morgan fingerprint density at radius 3 is 2.28 bits per heavy atom. The van der Waals surface area contributed by atoms with Crippen molar-refractivity contribution in [1.29, 1.82) is 0 Å². The lowest BCUT2D eigenvalue weighted by Gasteiger charge is -2.49. The highest BCUT2D eigenvalue weighted by Gasteiger charge is 2.53. The van der Waals surface area contributed by atoms with E-state index in [0.29, 0.717) is 18.7 Å². The number of nitro benzene ring substituents is 1. The molecule has 3 aliphatic rings. The molecule has 3 aliphatic heterocycles. The van der Waals surface area contributed by atoms with Crippen LogP contribution in [-0.2, 0) is 51.1 Å². The van der Waals surface area contributed by atoms with E-state index in [4.69, 9.17) is 28.4 Å². The minimum absolute atomic E-state index is 0.0546. The number of carbonyl (C=O) groups excluding carboxylic acids is 2. The second kappa shape index (κ2) is 25.7. The van der Waals surface area contributed by atoms with Gasteiger partial charge in [0.15, 0.2) is 12.6 Å². The van der Waals surface area contributed by atoms with Gasteiger partial charge in [0.2, 0.25) is 5.91 Å². The number of carbonyl (C=O) groups is 2. The maximum atomic E-state index is 14.5. The first-order chi connectivity index (χ1) is 35.0. The Labute approximate surface area is 439 Å². The summed E-state index contributed by atoms with van der Waals surface area (Å²) in [7, 11) is 5.04. The molecule has 2 aromatic rings. The third-order valence-corrected chi connectivity index (χ3v) is 15.8. The number of esters is 1. The fourth-order valence-electron chi connectivity index (χ4n) is 11.2. The van der Waals surface area contributed by atoms with E-state index in [1.54, 1.807) is 68.8 Å². The lowest BCUT2D eigenvalue weighted by atomic mass is 9.77. The molecule has 0 spiro atoms. The van der Waals surface area contributed by atoms with Gasteiger partial charge < -0.3 is 74.4 Å². The van der Waals surface area contributed by atoms with E-state index in [9.17, 15) is 55.4 Å². The molecule has 75 heavy (non-hydrogen) atoms. The number of nitro groups is 1. The van der Waals surface area contributed by atoms with Gasteiger partial charge in [0.05, 0.1) is 71.0 Å². The normalized spacial score (nSPS) is 38.7.